The van der Waals surface area contributed by atoms with Crippen molar-refractivity contribution in [2.75, 3.05) is 13.1 Å². The van der Waals surface area contributed by atoms with Crippen LogP contribution < -0.4 is 5.32 Å². The van der Waals surface area contributed by atoms with Crippen LogP contribution in [0.2, 0.25) is 0 Å². The predicted molar refractivity (Wildman–Crippen MR) is 74.0 cm³/mol. The van der Waals surface area contributed by atoms with Crippen LogP contribution >= 0.6 is 0 Å². The van der Waals surface area contributed by atoms with Crippen LogP contribution in [0.25, 0.3) is 0 Å². The van der Waals surface area contributed by atoms with Crippen LogP contribution in [-0.4, -0.2) is 40.6 Å². The zero-order valence-corrected chi connectivity index (χ0v) is 12.0. The zero-order chi connectivity index (χ0) is 14.5. The number of carbonyl (C=O) groups is 2. The highest BCUT2D eigenvalue weighted by Crippen LogP contribution is 2.33. The van der Waals surface area contributed by atoms with Gasteiger partial charge in [-0.3, -0.25) is 0 Å². The van der Waals surface area contributed by atoms with Gasteiger partial charge in [-0.15, -0.1) is 0 Å². The van der Waals surface area contributed by atoms with Crippen molar-refractivity contribution in [2.24, 2.45) is 0 Å². The second-order valence-electron chi connectivity index (χ2n) is 5.31. The van der Waals surface area contributed by atoms with Crippen LogP contribution in [0.3, 0.4) is 0 Å². The molecule has 5 heteroatoms. The van der Waals surface area contributed by atoms with Crippen molar-refractivity contribution in [3.05, 3.63) is 11.6 Å². The molecule has 2 amide bonds. The number of urea groups is 1. The number of nitrogens with zero attached hydrogens (tertiary/aromatic N) is 1. The zero-order valence-electron chi connectivity index (χ0n) is 12.0. The van der Waals surface area contributed by atoms with E-state index in [0.717, 1.165) is 18.4 Å². The van der Waals surface area contributed by atoms with Crippen molar-refractivity contribution in [2.45, 2.75) is 52.0 Å². The monoisotopic (exact) mass is 268 g/mol. The molecule has 108 valence electrons. The molecule has 1 heterocycles. The standard InChI is InChI=1S/C14H24N2O3/c1-4-7-14(12(17)18)8-5-10-16(14)13(19)15-9-6-11(2)3/h6H,4-5,7-10H2,1-3H3,(H,15,19)(H,17,18). The molecule has 1 saturated heterocycles. The molecule has 2 N–H and O–H groups in total. The molecule has 19 heavy (non-hydrogen) atoms. The molecular formula is C14H24N2O3. The summed E-state index contributed by atoms with van der Waals surface area (Å²) in [7, 11) is 0. The van der Waals surface area contributed by atoms with E-state index in [1.165, 1.54) is 4.90 Å². The molecule has 0 aliphatic carbocycles. The van der Waals surface area contributed by atoms with Gasteiger partial charge in [-0.05, 0) is 33.1 Å². The van der Waals surface area contributed by atoms with E-state index in [-0.39, 0.29) is 6.03 Å². The van der Waals surface area contributed by atoms with E-state index in [9.17, 15) is 14.7 Å². The van der Waals surface area contributed by atoms with E-state index in [0.29, 0.717) is 25.9 Å². The Bertz CT molecular complexity index is 375. The van der Waals surface area contributed by atoms with Crippen LogP contribution in [0.1, 0.15) is 46.5 Å². The predicted octanol–water partition coefficient (Wildman–Crippen LogP) is 2.38. The quantitative estimate of drug-likeness (QED) is 0.752. The van der Waals surface area contributed by atoms with E-state index >= 15 is 0 Å². The van der Waals surface area contributed by atoms with Crippen molar-refractivity contribution >= 4 is 12.0 Å². The number of nitrogens with one attached hydrogen (secondary N) is 1. The average Bonchev–Trinajstić information content (AvgIpc) is 2.74. The van der Waals surface area contributed by atoms with E-state index in [4.69, 9.17) is 0 Å². The van der Waals surface area contributed by atoms with Gasteiger partial charge in [-0.1, -0.05) is 25.0 Å². The average molecular weight is 268 g/mol. The van der Waals surface area contributed by atoms with Gasteiger partial charge in [0.15, 0.2) is 0 Å². The maximum Gasteiger partial charge on any atom is 0.329 e. The number of likely N-dealkylation sites (tertiary alicyclic amines) is 1. The lowest BCUT2D eigenvalue weighted by Crippen LogP contribution is -2.56. The van der Waals surface area contributed by atoms with E-state index in [2.05, 4.69) is 5.32 Å². The number of carbonyl (C=O) groups excluding carboxylic acids is 1. The molecule has 1 fully saturated rings. The molecule has 0 aromatic carbocycles. The maximum atomic E-state index is 12.1. The summed E-state index contributed by atoms with van der Waals surface area (Å²) in [5.41, 5.74) is 0.115. The number of carboxylic acids is 1. The van der Waals surface area contributed by atoms with Gasteiger partial charge in [0.2, 0.25) is 0 Å². The summed E-state index contributed by atoms with van der Waals surface area (Å²) in [6.45, 7) is 6.83. The van der Waals surface area contributed by atoms with Gasteiger partial charge in [0, 0.05) is 13.1 Å². The molecule has 1 rings (SSSR count). The fourth-order valence-electron chi connectivity index (χ4n) is 2.62. The van der Waals surface area contributed by atoms with Gasteiger partial charge in [-0.2, -0.15) is 0 Å². The number of hydrogen-bond acceptors (Lipinski definition) is 2. The van der Waals surface area contributed by atoms with Crippen LogP contribution in [0, 0.1) is 0 Å². The first kappa shape index (κ1) is 15.5. The third-order valence-corrected chi connectivity index (χ3v) is 3.56. The summed E-state index contributed by atoms with van der Waals surface area (Å²) in [4.78, 5) is 25.2. The lowest BCUT2D eigenvalue weighted by atomic mass is 9.91. The minimum Gasteiger partial charge on any atom is -0.479 e. The van der Waals surface area contributed by atoms with Crippen LogP contribution in [-0.2, 0) is 4.79 Å². The van der Waals surface area contributed by atoms with Gasteiger partial charge in [0.25, 0.3) is 0 Å². The molecule has 1 aliphatic rings. The Balaban J connectivity index is 2.76. The van der Waals surface area contributed by atoms with Crippen LogP contribution in [0.15, 0.2) is 11.6 Å². The number of amides is 2. The number of carboxylic acid groups (broad SMARTS) is 1. The van der Waals surface area contributed by atoms with Gasteiger partial charge in [-0.25, -0.2) is 9.59 Å². The lowest BCUT2D eigenvalue weighted by Gasteiger charge is -2.34. The van der Waals surface area contributed by atoms with Crippen LogP contribution in [0.5, 0.6) is 0 Å². The Labute approximate surface area is 114 Å². The number of hydrogen-bond donors (Lipinski definition) is 2. The molecule has 1 atom stereocenters. The Kier molecular flexibility index (Phi) is 5.39. The highest BCUT2D eigenvalue weighted by molar-refractivity contribution is 5.87. The molecule has 0 aromatic heterocycles. The van der Waals surface area contributed by atoms with E-state index in [1.54, 1.807) is 0 Å². The summed E-state index contributed by atoms with van der Waals surface area (Å²) in [6, 6.07) is -0.272. The Morgan fingerprint density at radius 3 is 2.63 bits per heavy atom. The summed E-state index contributed by atoms with van der Waals surface area (Å²) in [5, 5.41) is 12.3. The first-order chi connectivity index (χ1) is 8.94. The molecule has 0 bridgehead atoms. The van der Waals surface area contributed by atoms with Crippen molar-refractivity contribution in [3.8, 4) is 0 Å². The molecule has 1 aliphatic heterocycles. The molecule has 0 spiro atoms. The Morgan fingerprint density at radius 2 is 2.11 bits per heavy atom. The SMILES string of the molecule is CCCC1(C(=O)O)CCCN1C(=O)NCC=C(C)C. The van der Waals surface area contributed by atoms with E-state index in [1.807, 2.05) is 26.8 Å². The molecule has 0 radical (unpaired) electrons. The number of allylic oxidation sites excluding steroid dienone is 1. The molecule has 1 unspecified atom stereocenters. The van der Waals surface area contributed by atoms with E-state index < -0.39 is 11.5 Å². The first-order valence-corrected chi connectivity index (χ1v) is 6.86. The minimum atomic E-state index is -1.01. The largest absolute Gasteiger partial charge is 0.479 e. The molecule has 0 aromatic rings. The molecule has 0 saturated carbocycles. The van der Waals surface area contributed by atoms with Crippen molar-refractivity contribution < 1.29 is 14.7 Å². The third-order valence-electron chi connectivity index (χ3n) is 3.56. The van der Waals surface area contributed by atoms with Gasteiger partial charge in [0.05, 0.1) is 0 Å². The fraction of sp³-hybridized carbons (Fsp3) is 0.714. The Hall–Kier alpha value is -1.52. The van der Waals surface area contributed by atoms with Gasteiger partial charge < -0.3 is 15.3 Å². The Morgan fingerprint density at radius 1 is 1.42 bits per heavy atom. The van der Waals surface area contributed by atoms with Gasteiger partial charge in [0.1, 0.15) is 5.54 Å². The number of aliphatic carboxylic acids is 1. The number of rotatable bonds is 5. The highest BCUT2D eigenvalue weighted by Gasteiger charge is 2.49. The second kappa shape index (κ2) is 6.59. The smallest absolute Gasteiger partial charge is 0.329 e. The van der Waals surface area contributed by atoms with Gasteiger partial charge >= 0.3 is 12.0 Å². The maximum absolute atomic E-state index is 12.1. The van der Waals surface area contributed by atoms with Crippen molar-refractivity contribution in [1.82, 2.24) is 10.2 Å². The third kappa shape index (κ3) is 3.49. The normalized spacial score (nSPS) is 22.2. The lowest BCUT2D eigenvalue weighted by molar-refractivity contribution is -0.148. The first-order valence-electron chi connectivity index (χ1n) is 6.86. The minimum absolute atomic E-state index is 0.272. The van der Waals surface area contributed by atoms with Crippen molar-refractivity contribution in [1.29, 1.82) is 0 Å². The summed E-state index contributed by atoms with van der Waals surface area (Å²) >= 11 is 0. The second-order valence-corrected chi connectivity index (χ2v) is 5.31. The molecule has 5 nitrogen and oxygen atoms in total. The fourth-order valence-corrected chi connectivity index (χ4v) is 2.62. The van der Waals surface area contributed by atoms with Crippen molar-refractivity contribution in [3.63, 3.8) is 0 Å². The topological polar surface area (TPSA) is 69.6 Å². The summed E-state index contributed by atoms with van der Waals surface area (Å²) < 4.78 is 0. The highest BCUT2D eigenvalue weighted by atomic mass is 16.4. The summed E-state index contributed by atoms with van der Waals surface area (Å²) in [6.07, 6.45) is 4.48. The summed E-state index contributed by atoms with van der Waals surface area (Å²) in [5.74, 6) is -0.885. The molecular weight excluding hydrogens is 244 g/mol. The van der Waals surface area contributed by atoms with Crippen LogP contribution in [0.4, 0.5) is 4.79 Å².